The summed E-state index contributed by atoms with van der Waals surface area (Å²) < 4.78 is 31.3. The lowest BCUT2D eigenvalue weighted by atomic mass is 9.91. The highest BCUT2D eigenvalue weighted by Gasteiger charge is 2.47. The first-order chi connectivity index (χ1) is 28.1. The first kappa shape index (κ1) is 38.8. The van der Waals surface area contributed by atoms with Crippen molar-refractivity contribution in [3.63, 3.8) is 0 Å². The van der Waals surface area contributed by atoms with E-state index >= 15 is 0 Å². The number of aromatic nitrogens is 8. The number of amides is 2. The minimum Gasteiger partial charge on any atom is -0.394 e. The molecule has 2 saturated heterocycles. The molecule has 0 spiro atoms. The van der Waals surface area contributed by atoms with Crippen LogP contribution in [0.15, 0.2) is 96.2 Å². The second kappa shape index (κ2) is 16.4. The monoisotopic (exact) mass is 811 g/mol. The number of carbonyl (C=O) groups excluding carboxylic acids is 1. The Bertz CT molecular complexity index is 2450. The van der Waals surface area contributed by atoms with Gasteiger partial charge in [0.2, 0.25) is 21.8 Å². The molecule has 0 saturated carbocycles. The number of benzene rings is 3. The van der Waals surface area contributed by atoms with E-state index in [1.165, 1.54) is 33.9 Å². The van der Waals surface area contributed by atoms with Gasteiger partial charge in [-0.3, -0.25) is 4.57 Å². The summed E-state index contributed by atoms with van der Waals surface area (Å²) in [5.74, 6) is 0.702. The molecule has 0 radical (unpaired) electrons. The first-order valence-corrected chi connectivity index (χ1v) is 20.0. The largest absolute Gasteiger partial charge is 0.394 e. The Labute approximate surface area is 331 Å². The number of hydrogen-bond acceptors (Lipinski definition) is 15. The van der Waals surface area contributed by atoms with E-state index in [9.17, 15) is 28.5 Å². The van der Waals surface area contributed by atoms with Gasteiger partial charge in [0.25, 0.3) is 0 Å². The molecule has 3 aromatic heterocycles. The van der Waals surface area contributed by atoms with E-state index in [0.717, 1.165) is 11.1 Å². The predicted molar refractivity (Wildman–Crippen MR) is 209 cm³/mol. The van der Waals surface area contributed by atoms with Crippen LogP contribution in [0.2, 0.25) is 0 Å². The number of tetrazole rings is 1. The van der Waals surface area contributed by atoms with Crippen molar-refractivity contribution in [2.45, 2.75) is 54.4 Å². The number of ether oxygens (including phenoxy) is 1. The highest BCUT2D eigenvalue weighted by Crippen LogP contribution is 2.39. The lowest BCUT2D eigenvalue weighted by Gasteiger charge is -2.22. The number of nitrogens with one attached hydrogen (secondary N) is 3. The summed E-state index contributed by atoms with van der Waals surface area (Å²) in [6.45, 7) is 1.11. The minimum atomic E-state index is -3.96. The van der Waals surface area contributed by atoms with Crippen molar-refractivity contribution in [2.75, 3.05) is 41.8 Å². The molecule has 2 aliphatic rings. The summed E-state index contributed by atoms with van der Waals surface area (Å²) in [5, 5.41) is 58.0. The molecule has 21 heteroatoms. The van der Waals surface area contributed by atoms with Gasteiger partial charge in [-0.05, 0) is 41.0 Å². The molecule has 58 heavy (non-hydrogen) atoms. The number of anilines is 3. The van der Waals surface area contributed by atoms with Crippen molar-refractivity contribution in [1.82, 2.24) is 45.0 Å². The van der Waals surface area contributed by atoms with Crippen molar-refractivity contribution in [3.05, 3.63) is 108 Å². The summed E-state index contributed by atoms with van der Waals surface area (Å²) >= 11 is 0. The van der Waals surface area contributed by atoms with Crippen LogP contribution in [-0.2, 0) is 21.3 Å². The van der Waals surface area contributed by atoms with Gasteiger partial charge < -0.3 is 40.9 Å². The standard InChI is InChI=1S/C37H41N13O7S/c38-58(55,56)26-13-7-12-24(18-26)41-37(54)42-25-14-15-48(20-25)36-43-32(39-19-27(22-8-3-1-4-9-22)23-10-5-2-6-11-23)28-34(44-36)49(21-40-28)35-30(53)29(52)31(57-35)33-45-47-50(46-33)16-17-51/h1-13,18,21,25,27,29-31,35,51-53H,14-17,19-20H2,(H2,38,55,56)(H,39,43,44)(H2,41,42,54). The molecule has 5 unspecified atom stereocenters. The van der Waals surface area contributed by atoms with Crippen LogP contribution in [0.25, 0.3) is 11.2 Å². The Balaban J connectivity index is 1.08. The maximum absolute atomic E-state index is 13.0. The van der Waals surface area contributed by atoms with Crippen molar-refractivity contribution in [1.29, 1.82) is 0 Å². The zero-order chi connectivity index (χ0) is 40.4. The van der Waals surface area contributed by atoms with Crippen molar-refractivity contribution < 1.29 is 33.3 Å². The van der Waals surface area contributed by atoms with Crippen LogP contribution in [0.3, 0.4) is 0 Å². The number of primary sulfonamides is 1. The van der Waals surface area contributed by atoms with E-state index in [0.29, 0.717) is 49.0 Å². The van der Waals surface area contributed by atoms with E-state index < -0.39 is 40.6 Å². The molecule has 8 rings (SSSR count). The fraction of sp³-hybridized carbons (Fsp3) is 0.324. The molecule has 3 aromatic carbocycles. The van der Waals surface area contributed by atoms with Crippen LogP contribution in [0.1, 0.15) is 41.6 Å². The van der Waals surface area contributed by atoms with Crippen LogP contribution in [0.4, 0.5) is 22.2 Å². The number of rotatable bonds is 13. The number of aliphatic hydroxyl groups excluding tert-OH is 3. The van der Waals surface area contributed by atoms with Gasteiger partial charge in [-0.2, -0.15) is 14.8 Å². The number of sulfonamides is 1. The molecule has 0 aliphatic carbocycles. The molecule has 5 atom stereocenters. The molecular weight excluding hydrogens is 771 g/mol. The maximum atomic E-state index is 13.0. The third-order valence-electron chi connectivity index (χ3n) is 10.0. The number of nitrogens with two attached hydrogens (primary N) is 1. The van der Waals surface area contributed by atoms with Gasteiger partial charge >= 0.3 is 6.03 Å². The quantitative estimate of drug-likeness (QED) is 0.0860. The van der Waals surface area contributed by atoms with Gasteiger partial charge in [0, 0.05) is 37.3 Å². The molecule has 20 nitrogen and oxygen atoms in total. The Morgan fingerprint density at radius 2 is 1.72 bits per heavy atom. The fourth-order valence-corrected chi connectivity index (χ4v) is 7.73. The summed E-state index contributed by atoms with van der Waals surface area (Å²) in [6, 6.07) is 25.0. The topological polar surface area (TPSA) is 274 Å². The normalized spacial score (nSPS) is 20.8. The highest BCUT2D eigenvalue weighted by molar-refractivity contribution is 7.89. The van der Waals surface area contributed by atoms with Crippen LogP contribution in [0.5, 0.6) is 0 Å². The second-order valence-corrected chi connectivity index (χ2v) is 15.5. The zero-order valence-corrected chi connectivity index (χ0v) is 31.7. The van der Waals surface area contributed by atoms with Crippen LogP contribution in [0, 0.1) is 0 Å². The number of urea groups is 1. The van der Waals surface area contributed by atoms with E-state index in [4.69, 9.17) is 19.8 Å². The van der Waals surface area contributed by atoms with E-state index in [1.54, 1.807) is 6.07 Å². The third-order valence-corrected chi connectivity index (χ3v) is 11.0. The molecule has 5 heterocycles. The maximum Gasteiger partial charge on any atom is 0.319 e. The highest BCUT2D eigenvalue weighted by atomic mass is 32.2. The second-order valence-electron chi connectivity index (χ2n) is 13.9. The Hall–Kier alpha value is -6.10. The van der Waals surface area contributed by atoms with Gasteiger partial charge in [-0.15, -0.1) is 10.2 Å². The number of nitrogens with zero attached hydrogens (tertiary/aromatic N) is 9. The number of carbonyl (C=O) groups is 1. The number of fused-ring (bicyclic) bond motifs is 1. The molecule has 2 aliphatic heterocycles. The molecule has 6 aromatic rings. The van der Waals surface area contributed by atoms with E-state index in [1.807, 2.05) is 41.3 Å². The number of hydrogen-bond donors (Lipinski definition) is 7. The van der Waals surface area contributed by atoms with Gasteiger partial charge in [0.05, 0.1) is 24.4 Å². The van der Waals surface area contributed by atoms with Crippen LogP contribution in [-0.4, -0.2) is 114 Å². The molecule has 302 valence electrons. The van der Waals surface area contributed by atoms with Gasteiger partial charge in [-0.1, -0.05) is 66.7 Å². The summed E-state index contributed by atoms with van der Waals surface area (Å²) in [6.07, 6.45) is -3.16. The zero-order valence-electron chi connectivity index (χ0n) is 30.9. The van der Waals surface area contributed by atoms with Crippen LogP contribution < -0.4 is 26.0 Å². The average Bonchev–Trinajstić information content (AvgIpc) is 4.03. The summed E-state index contributed by atoms with van der Waals surface area (Å²) in [5.41, 5.74) is 3.13. The molecular formula is C37H41N13O7S. The smallest absolute Gasteiger partial charge is 0.319 e. The minimum absolute atomic E-state index is 0.0363. The molecule has 0 bridgehead atoms. The fourth-order valence-electron chi connectivity index (χ4n) is 7.17. The summed E-state index contributed by atoms with van der Waals surface area (Å²) in [7, 11) is -3.96. The predicted octanol–water partition coefficient (Wildman–Crippen LogP) is 1.09. The van der Waals surface area contributed by atoms with Gasteiger partial charge in [-0.25, -0.2) is 23.3 Å². The van der Waals surface area contributed by atoms with E-state index in [2.05, 4.69) is 60.6 Å². The van der Waals surface area contributed by atoms with Crippen molar-refractivity contribution >= 4 is 44.7 Å². The SMILES string of the molecule is NS(=O)(=O)c1cccc(NC(=O)NC2CCN(c3nc(NCC(c4ccccc4)c4ccccc4)c4ncn(C5OC(c6nnn(CCO)n6)C(O)C5O)c4n3)C2)c1. The average molecular weight is 812 g/mol. The molecule has 2 fully saturated rings. The first-order valence-electron chi connectivity index (χ1n) is 18.5. The number of aliphatic hydroxyl groups is 3. The lowest BCUT2D eigenvalue weighted by molar-refractivity contribution is -0.0384. The van der Waals surface area contributed by atoms with Crippen LogP contribution >= 0.6 is 0 Å². The number of imidazole rings is 1. The van der Waals surface area contributed by atoms with Crippen molar-refractivity contribution in [2.24, 2.45) is 5.14 Å². The van der Waals surface area contributed by atoms with Gasteiger partial charge in [0.15, 0.2) is 29.3 Å². The molecule has 2 amide bonds. The van der Waals surface area contributed by atoms with E-state index in [-0.39, 0.29) is 41.5 Å². The van der Waals surface area contributed by atoms with Gasteiger partial charge in [0.1, 0.15) is 12.2 Å². The Kier molecular flexibility index (Phi) is 11.0. The summed E-state index contributed by atoms with van der Waals surface area (Å²) in [4.78, 5) is 30.4. The van der Waals surface area contributed by atoms with Crippen molar-refractivity contribution in [3.8, 4) is 0 Å². The Morgan fingerprint density at radius 3 is 2.43 bits per heavy atom. The third kappa shape index (κ3) is 8.16. The Morgan fingerprint density at radius 1 is 0.983 bits per heavy atom. The molecule has 8 N–H and O–H groups in total. The lowest BCUT2D eigenvalue weighted by Crippen LogP contribution is -2.40.